The van der Waals surface area contributed by atoms with E-state index in [4.69, 9.17) is 9.47 Å². The Balaban J connectivity index is 1.54. The summed E-state index contributed by atoms with van der Waals surface area (Å²) in [5, 5.41) is 3.57. The van der Waals surface area contributed by atoms with Gasteiger partial charge >= 0.3 is 0 Å². The van der Waals surface area contributed by atoms with E-state index in [1.807, 2.05) is 0 Å². The molecule has 1 aliphatic heterocycles. The smallest absolute Gasteiger partial charge is 0.0831 e. The van der Waals surface area contributed by atoms with Crippen LogP contribution in [0.3, 0.4) is 0 Å². The molecule has 1 saturated heterocycles. The third-order valence-electron chi connectivity index (χ3n) is 3.10. The molecule has 82 valence electrons. The van der Waals surface area contributed by atoms with E-state index in [2.05, 4.69) is 12.2 Å². The monoisotopic (exact) mass is 199 g/mol. The molecule has 2 atom stereocenters. The van der Waals surface area contributed by atoms with E-state index in [1.54, 1.807) is 0 Å². The maximum atomic E-state index is 5.75. The molecule has 14 heavy (non-hydrogen) atoms. The van der Waals surface area contributed by atoms with Gasteiger partial charge in [-0.05, 0) is 26.2 Å². The Labute approximate surface area is 86.2 Å². The second-order valence-electron chi connectivity index (χ2n) is 4.51. The van der Waals surface area contributed by atoms with E-state index in [0.29, 0.717) is 12.1 Å². The standard InChI is InChI=1S/C11H21NO2/c1-9(12-10-3-2-4-10)7-14-11-5-6-13-8-11/h9-12H,2-8H2,1H3. The summed E-state index contributed by atoms with van der Waals surface area (Å²) >= 11 is 0. The SMILES string of the molecule is CC(COC1CCOC1)NC1CCC1. The largest absolute Gasteiger partial charge is 0.379 e. The summed E-state index contributed by atoms with van der Waals surface area (Å²) in [5.41, 5.74) is 0. The van der Waals surface area contributed by atoms with Gasteiger partial charge in [0.05, 0.1) is 19.3 Å². The fraction of sp³-hybridized carbons (Fsp3) is 1.00. The van der Waals surface area contributed by atoms with Crippen LogP contribution in [0.4, 0.5) is 0 Å². The highest BCUT2D eigenvalue weighted by atomic mass is 16.5. The van der Waals surface area contributed by atoms with Crippen LogP contribution in [0.25, 0.3) is 0 Å². The molecule has 0 amide bonds. The molecular weight excluding hydrogens is 178 g/mol. The maximum Gasteiger partial charge on any atom is 0.0831 e. The van der Waals surface area contributed by atoms with E-state index >= 15 is 0 Å². The first-order valence-electron chi connectivity index (χ1n) is 5.80. The topological polar surface area (TPSA) is 30.5 Å². The highest BCUT2D eigenvalue weighted by Gasteiger charge is 2.21. The molecule has 0 aromatic rings. The Morgan fingerprint density at radius 3 is 2.86 bits per heavy atom. The van der Waals surface area contributed by atoms with Crippen molar-refractivity contribution in [3.63, 3.8) is 0 Å². The molecule has 0 aromatic heterocycles. The Hall–Kier alpha value is -0.120. The van der Waals surface area contributed by atoms with E-state index in [0.717, 1.165) is 32.3 Å². The molecule has 3 nitrogen and oxygen atoms in total. The highest BCUT2D eigenvalue weighted by molar-refractivity contribution is 4.79. The summed E-state index contributed by atoms with van der Waals surface area (Å²) in [6.45, 7) is 4.68. The minimum Gasteiger partial charge on any atom is -0.379 e. The van der Waals surface area contributed by atoms with Crippen LogP contribution in [-0.4, -0.2) is 38.0 Å². The highest BCUT2D eigenvalue weighted by Crippen LogP contribution is 2.18. The van der Waals surface area contributed by atoms with Gasteiger partial charge in [-0.2, -0.15) is 0 Å². The molecule has 2 fully saturated rings. The van der Waals surface area contributed by atoms with Gasteiger partial charge in [-0.25, -0.2) is 0 Å². The van der Waals surface area contributed by atoms with Crippen LogP contribution in [0, 0.1) is 0 Å². The lowest BCUT2D eigenvalue weighted by atomic mass is 9.92. The van der Waals surface area contributed by atoms with Gasteiger partial charge in [0.1, 0.15) is 0 Å². The first kappa shape index (κ1) is 10.4. The van der Waals surface area contributed by atoms with Gasteiger partial charge in [-0.1, -0.05) is 6.42 Å². The summed E-state index contributed by atoms with van der Waals surface area (Å²) in [5.74, 6) is 0. The summed E-state index contributed by atoms with van der Waals surface area (Å²) < 4.78 is 11.0. The molecule has 0 spiro atoms. The Kier molecular flexibility index (Phi) is 3.79. The van der Waals surface area contributed by atoms with Gasteiger partial charge in [0.15, 0.2) is 0 Å². The predicted molar refractivity (Wildman–Crippen MR) is 55.4 cm³/mol. The fourth-order valence-corrected chi connectivity index (χ4v) is 1.95. The van der Waals surface area contributed by atoms with Crippen LogP contribution in [0.2, 0.25) is 0 Å². The average molecular weight is 199 g/mol. The van der Waals surface area contributed by atoms with Crippen LogP contribution in [-0.2, 0) is 9.47 Å². The Morgan fingerprint density at radius 2 is 2.29 bits per heavy atom. The third-order valence-corrected chi connectivity index (χ3v) is 3.10. The van der Waals surface area contributed by atoms with E-state index < -0.39 is 0 Å². The van der Waals surface area contributed by atoms with Crippen LogP contribution >= 0.6 is 0 Å². The van der Waals surface area contributed by atoms with Crippen molar-refractivity contribution in [2.24, 2.45) is 0 Å². The van der Waals surface area contributed by atoms with E-state index in [9.17, 15) is 0 Å². The van der Waals surface area contributed by atoms with Gasteiger partial charge in [-0.3, -0.25) is 0 Å². The van der Waals surface area contributed by atoms with Crippen molar-refractivity contribution >= 4 is 0 Å². The van der Waals surface area contributed by atoms with Gasteiger partial charge in [0.2, 0.25) is 0 Å². The molecule has 0 bridgehead atoms. The summed E-state index contributed by atoms with van der Waals surface area (Å²) in [6.07, 6.45) is 5.49. The molecule has 1 saturated carbocycles. The molecular formula is C11H21NO2. The van der Waals surface area contributed by atoms with Gasteiger partial charge in [0.25, 0.3) is 0 Å². The molecule has 2 rings (SSSR count). The zero-order chi connectivity index (χ0) is 9.80. The van der Waals surface area contributed by atoms with Gasteiger partial charge in [0, 0.05) is 18.7 Å². The lowest BCUT2D eigenvalue weighted by Gasteiger charge is -2.30. The van der Waals surface area contributed by atoms with Gasteiger partial charge in [-0.15, -0.1) is 0 Å². The number of nitrogens with one attached hydrogen (secondary N) is 1. The average Bonchev–Trinajstić information content (AvgIpc) is 2.60. The molecule has 0 radical (unpaired) electrons. The zero-order valence-corrected chi connectivity index (χ0v) is 9.00. The van der Waals surface area contributed by atoms with Crippen molar-refractivity contribution < 1.29 is 9.47 Å². The minimum atomic E-state index is 0.348. The molecule has 0 aromatic carbocycles. The molecule has 1 N–H and O–H groups in total. The summed E-state index contributed by atoms with van der Waals surface area (Å²) in [7, 11) is 0. The summed E-state index contributed by atoms with van der Waals surface area (Å²) in [4.78, 5) is 0. The van der Waals surface area contributed by atoms with Crippen molar-refractivity contribution in [2.45, 2.75) is 50.8 Å². The maximum absolute atomic E-state index is 5.75. The second-order valence-corrected chi connectivity index (χ2v) is 4.51. The van der Waals surface area contributed by atoms with Crippen LogP contribution in [0.5, 0.6) is 0 Å². The molecule has 2 aliphatic rings. The van der Waals surface area contributed by atoms with Crippen molar-refractivity contribution in [2.75, 3.05) is 19.8 Å². The Bertz CT molecular complexity index is 165. The predicted octanol–water partition coefficient (Wildman–Crippen LogP) is 1.32. The first-order chi connectivity index (χ1) is 6.84. The van der Waals surface area contributed by atoms with Crippen molar-refractivity contribution in [3.05, 3.63) is 0 Å². The lowest BCUT2D eigenvalue weighted by Crippen LogP contribution is -2.43. The molecule has 1 aliphatic carbocycles. The number of hydrogen-bond donors (Lipinski definition) is 1. The third kappa shape index (κ3) is 2.94. The minimum absolute atomic E-state index is 0.348. The lowest BCUT2D eigenvalue weighted by molar-refractivity contribution is 0.0291. The van der Waals surface area contributed by atoms with Gasteiger partial charge < -0.3 is 14.8 Å². The van der Waals surface area contributed by atoms with E-state index in [1.165, 1.54) is 19.3 Å². The number of ether oxygens (including phenoxy) is 2. The quantitative estimate of drug-likeness (QED) is 0.724. The van der Waals surface area contributed by atoms with Crippen molar-refractivity contribution in [3.8, 4) is 0 Å². The molecule has 2 unspecified atom stereocenters. The number of rotatable bonds is 5. The Morgan fingerprint density at radius 1 is 1.43 bits per heavy atom. The molecule has 3 heteroatoms. The normalized spacial score (nSPS) is 30.2. The van der Waals surface area contributed by atoms with Crippen LogP contribution in [0.1, 0.15) is 32.6 Å². The fourth-order valence-electron chi connectivity index (χ4n) is 1.95. The van der Waals surface area contributed by atoms with Crippen LogP contribution in [0.15, 0.2) is 0 Å². The molecule has 1 heterocycles. The van der Waals surface area contributed by atoms with E-state index in [-0.39, 0.29) is 0 Å². The van der Waals surface area contributed by atoms with Crippen LogP contribution < -0.4 is 5.32 Å². The second kappa shape index (κ2) is 5.10. The first-order valence-corrected chi connectivity index (χ1v) is 5.80. The zero-order valence-electron chi connectivity index (χ0n) is 9.00. The number of hydrogen-bond acceptors (Lipinski definition) is 3. The summed E-state index contributed by atoms with van der Waals surface area (Å²) in [6, 6.07) is 1.24. The van der Waals surface area contributed by atoms with Crippen molar-refractivity contribution in [1.82, 2.24) is 5.32 Å². The van der Waals surface area contributed by atoms with Crippen molar-refractivity contribution in [1.29, 1.82) is 0 Å².